The summed E-state index contributed by atoms with van der Waals surface area (Å²) < 4.78 is 23.8. The van der Waals surface area contributed by atoms with Gasteiger partial charge in [-0.05, 0) is 66.2 Å². The molecule has 0 unspecified atom stereocenters. The highest BCUT2D eigenvalue weighted by molar-refractivity contribution is 9.10. The molecule has 1 aliphatic rings. The van der Waals surface area contributed by atoms with E-state index in [1.54, 1.807) is 54.6 Å². The van der Waals surface area contributed by atoms with Crippen LogP contribution in [-0.2, 0) is 0 Å². The quantitative estimate of drug-likeness (QED) is 0.141. The summed E-state index contributed by atoms with van der Waals surface area (Å²) in [5.41, 5.74) is 1.92. The van der Waals surface area contributed by atoms with Crippen LogP contribution >= 0.6 is 15.9 Å². The Morgan fingerprint density at radius 3 is 2.60 bits per heavy atom. The van der Waals surface area contributed by atoms with E-state index in [1.807, 2.05) is 30.3 Å². The maximum absolute atomic E-state index is 13.4. The van der Waals surface area contributed by atoms with Crippen LogP contribution in [0.3, 0.4) is 0 Å². The van der Waals surface area contributed by atoms with Crippen molar-refractivity contribution in [3.05, 3.63) is 111 Å². The summed E-state index contributed by atoms with van der Waals surface area (Å²) in [5, 5.41) is 4.94. The van der Waals surface area contributed by atoms with E-state index in [4.69, 9.17) is 23.9 Å². The zero-order valence-corrected chi connectivity index (χ0v) is 22.6. The Morgan fingerprint density at radius 1 is 0.975 bits per heavy atom. The number of hydrogen-bond acceptors (Lipinski definition) is 8. The lowest BCUT2D eigenvalue weighted by Crippen LogP contribution is -2.20. The second-order valence-electron chi connectivity index (χ2n) is 8.69. The molecule has 0 bridgehead atoms. The van der Waals surface area contributed by atoms with Gasteiger partial charge in [-0.1, -0.05) is 40.2 Å². The molecular weight excluding hydrogens is 578 g/mol. The molecule has 0 aliphatic carbocycles. The van der Waals surface area contributed by atoms with Crippen molar-refractivity contribution < 1.29 is 23.7 Å². The van der Waals surface area contributed by atoms with E-state index in [1.165, 1.54) is 18.0 Å². The fraction of sp³-hybridized carbons (Fsp3) is 0.0667. The molecule has 5 aromatic rings. The number of esters is 1. The Kier molecular flexibility index (Phi) is 6.75. The summed E-state index contributed by atoms with van der Waals surface area (Å²) in [6.45, 7) is 0.108. The minimum atomic E-state index is -0.578. The molecule has 0 saturated carbocycles. The number of nitrogens with zero attached hydrogens (tertiary/aromatic N) is 3. The van der Waals surface area contributed by atoms with Crippen molar-refractivity contribution in [1.29, 1.82) is 0 Å². The number of fused-ring (bicyclic) bond motifs is 2. The standard InChI is InChI=1S/C30H20BrN3O6/c1-37-26-14-18(6-12-25(26)40-30(36)20-9-13-24-27(15-20)39-17-38-24)16-32-34-28(19-7-10-21(31)11-8-19)33-23-5-3-2-4-22(23)29(34)35/h2-16H,17H2,1H3. The molecule has 2 heterocycles. The number of benzene rings is 4. The van der Waals surface area contributed by atoms with Gasteiger partial charge in [0, 0.05) is 10.0 Å². The molecule has 0 atom stereocenters. The first-order valence-corrected chi connectivity index (χ1v) is 12.9. The summed E-state index contributed by atoms with van der Waals surface area (Å²) in [6.07, 6.45) is 1.52. The van der Waals surface area contributed by atoms with Gasteiger partial charge in [0.15, 0.2) is 28.8 Å². The predicted octanol–water partition coefficient (Wildman–Crippen LogP) is 5.66. The first-order chi connectivity index (χ1) is 19.5. The molecule has 1 aromatic heterocycles. The number of carbonyl (C=O) groups excluding carboxylic acids is 1. The van der Waals surface area contributed by atoms with Crippen molar-refractivity contribution in [1.82, 2.24) is 9.66 Å². The zero-order valence-electron chi connectivity index (χ0n) is 21.0. The molecule has 1 aliphatic heterocycles. The third-order valence-corrected chi connectivity index (χ3v) is 6.71. The van der Waals surface area contributed by atoms with Gasteiger partial charge in [0.05, 0.1) is 29.8 Å². The van der Waals surface area contributed by atoms with Gasteiger partial charge in [0.2, 0.25) is 6.79 Å². The first-order valence-electron chi connectivity index (χ1n) is 12.1. The monoisotopic (exact) mass is 597 g/mol. The Hall–Kier alpha value is -4.96. The summed E-state index contributed by atoms with van der Waals surface area (Å²) in [4.78, 5) is 30.9. The number of halogens is 1. The topological polar surface area (TPSA) is 101 Å². The van der Waals surface area contributed by atoms with Gasteiger partial charge in [-0.2, -0.15) is 9.78 Å². The molecular formula is C30H20BrN3O6. The molecule has 0 amide bonds. The second kappa shape index (κ2) is 10.7. The van der Waals surface area contributed by atoms with Crippen LogP contribution in [0, 0.1) is 0 Å². The molecule has 9 nitrogen and oxygen atoms in total. The van der Waals surface area contributed by atoms with E-state index in [0.717, 1.165) is 10.0 Å². The Morgan fingerprint density at radius 2 is 1.77 bits per heavy atom. The number of hydrogen-bond donors (Lipinski definition) is 0. The number of methoxy groups -OCH3 is 1. The molecule has 0 N–H and O–H groups in total. The Balaban J connectivity index is 1.32. The molecule has 0 fully saturated rings. The highest BCUT2D eigenvalue weighted by Gasteiger charge is 2.19. The zero-order chi connectivity index (χ0) is 27.6. The lowest BCUT2D eigenvalue weighted by molar-refractivity contribution is 0.0729. The SMILES string of the molecule is COc1cc(C=Nn2c(-c3ccc(Br)cc3)nc3ccccc3c2=O)ccc1OC(=O)c1ccc2c(c1)OCO2. The molecule has 198 valence electrons. The highest BCUT2D eigenvalue weighted by Crippen LogP contribution is 2.34. The lowest BCUT2D eigenvalue weighted by atomic mass is 10.2. The van der Waals surface area contributed by atoms with Crippen molar-refractivity contribution in [2.75, 3.05) is 13.9 Å². The fourth-order valence-corrected chi connectivity index (χ4v) is 4.44. The van der Waals surface area contributed by atoms with Crippen LogP contribution < -0.4 is 24.5 Å². The highest BCUT2D eigenvalue weighted by atomic mass is 79.9. The third kappa shape index (κ3) is 4.92. The van der Waals surface area contributed by atoms with Crippen molar-refractivity contribution in [3.8, 4) is 34.4 Å². The molecule has 0 radical (unpaired) electrons. The van der Waals surface area contributed by atoms with E-state index >= 15 is 0 Å². The lowest BCUT2D eigenvalue weighted by Gasteiger charge is -2.11. The van der Waals surface area contributed by atoms with Crippen LogP contribution in [0.1, 0.15) is 15.9 Å². The van der Waals surface area contributed by atoms with Gasteiger partial charge in [-0.15, -0.1) is 0 Å². The van der Waals surface area contributed by atoms with E-state index in [-0.39, 0.29) is 18.1 Å². The largest absolute Gasteiger partial charge is 0.493 e. The molecule has 6 rings (SSSR count). The number of rotatable bonds is 6. The van der Waals surface area contributed by atoms with E-state index < -0.39 is 5.97 Å². The molecule has 0 spiro atoms. The van der Waals surface area contributed by atoms with Crippen LogP contribution in [0.4, 0.5) is 0 Å². The van der Waals surface area contributed by atoms with Crippen LogP contribution in [-0.4, -0.2) is 35.7 Å². The van der Waals surface area contributed by atoms with Crippen LogP contribution in [0.15, 0.2) is 99.3 Å². The minimum Gasteiger partial charge on any atom is -0.493 e. The average molecular weight is 598 g/mol. The number of aromatic nitrogens is 2. The van der Waals surface area contributed by atoms with Gasteiger partial charge in [0.1, 0.15) is 0 Å². The fourth-order valence-electron chi connectivity index (χ4n) is 4.17. The van der Waals surface area contributed by atoms with E-state index in [2.05, 4.69) is 21.0 Å². The van der Waals surface area contributed by atoms with E-state index in [9.17, 15) is 9.59 Å². The van der Waals surface area contributed by atoms with Crippen molar-refractivity contribution in [2.45, 2.75) is 0 Å². The van der Waals surface area contributed by atoms with Crippen LogP contribution in [0.25, 0.3) is 22.3 Å². The van der Waals surface area contributed by atoms with Crippen molar-refractivity contribution >= 4 is 39.0 Å². The maximum atomic E-state index is 13.4. The summed E-state index contributed by atoms with van der Waals surface area (Å²) in [7, 11) is 1.47. The first kappa shape index (κ1) is 25.3. The Bertz CT molecular complexity index is 1850. The average Bonchev–Trinajstić information content (AvgIpc) is 3.46. The van der Waals surface area contributed by atoms with Gasteiger partial charge >= 0.3 is 5.97 Å². The molecule has 40 heavy (non-hydrogen) atoms. The van der Waals surface area contributed by atoms with Crippen LogP contribution in [0.5, 0.6) is 23.0 Å². The van der Waals surface area contributed by atoms with Crippen molar-refractivity contribution in [3.63, 3.8) is 0 Å². The van der Waals surface area contributed by atoms with E-state index in [0.29, 0.717) is 45.1 Å². The molecule has 4 aromatic carbocycles. The van der Waals surface area contributed by atoms with Gasteiger partial charge in [-0.25, -0.2) is 9.78 Å². The van der Waals surface area contributed by atoms with Gasteiger partial charge in [-0.3, -0.25) is 4.79 Å². The number of para-hydroxylation sites is 1. The third-order valence-electron chi connectivity index (χ3n) is 6.18. The van der Waals surface area contributed by atoms with Crippen molar-refractivity contribution in [2.24, 2.45) is 5.10 Å². The molecule has 0 saturated heterocycles. The predicted molar refractivity (Wildman–Crippen MR) is 153 cm³/mol. The minimum absolute atomic E-state index is 0.108. The van der Waals surface area contributed by atoms with Gasteiger partial charge < -0.3 is 18.9 Å². The normalized spacial score (nSPS) is 12.2. The second-order valence-corrected chi connectivity index (χ2v) is 9.60. The summed E-state index contributed by atoms with van der Waals surface area (Å²) in [6, 6.07) is 24.4. The van der Waals surface area contributed by atoms with Crippen LogP contribution in [0.2, 0.25) is 0 Å². The summed E-state index contributed by atoms with van der Waals surface area (Å²) >= 11 is 3.44. The molecule has 10 heteroatoms. The smallest absolute Gasteiger partial charge is 0.343 e. The number of carbonyl (C=O) groups is 1. The maximum Gasteiger partial charge on any atom is 0.343 e. The Labute approximate surface area is 236 Å². The summed E-state index contributed by atoms with van der Waals surface area (Å²) in [5.74, 6) is 1.41. The number of ether oxygens (including phenoxy) is 4. The van der Waals surface area contributed by atoms with Gasteiger partial charge in [0.25, 0.3) is 5.56 Å².